The molecule has 0 amide bonds. The Bertz CT molecular complexity index is 1180. The van der Waals surface area contributed by atoms with Gasteiger partial charge in [-0.05, 0) is 84.1 Å². The van der Waals surface area contributed by atoms with Gasteiger partial charge in [-0.2, -0.15) is 9.78 Å². The molecule has 0 radical (unpaired) electrons. The van der Waals surface area contributed by atoms with E-state index in [-0.39, 0.29) is 6.04 Å². The number of benzene rings is 1. The molecule has 3 heterocycles. The second-order valence-electron chi connectivity index (χ2n) is 8.66. The van der Waals surface area contributed by atoms with Crippen LogP contribution >= 0.6 is 0 Å². The summed E-state index contributed by atoms with van der Waals surface area (Å²) in [5.74, 6) is 1.05. The predicted molar refractivity (Wildman–Crippen MR) is 133 cm³/mol. The summed E-state index contributed by atoms with van der Waals surface area (Å²) < 4.78 is 1.64. The van der Waals surface area contributed by atoms with Gasteiger partial charge in [-0.3, -0.25) is 9.89 Å². The van der Waals surface area contributed by atoms with Crippen molar-refractivity contribution in [2.24, 2.45) is 15.1 Å². The lowest BCUT2D eigenvalue weighted by molar-refractivity contribution is 0.103. The van der Waals surface area contributed by atoms with Gasteiger partial charge in [-0.1, -0.05) is 0 Å². The first-order valence-corrected chi connectivity index (χ1v) is 11.3. The Morgan fingerprint density at radius 2 is 1.82 bits per heavy atom. The van der Waals surface area contributed by atoms with Crippen molar-refractivity contribution >= 4 is 28.5 Å². The minimum absolute atomic E-state index is 0.102. The Morgan fingerprint density at radius 3 is 2.39 bits per heavy atom. The summed E-state index contributed by atoms with van der Waals surface area (Å²) >= 11 is 0. The molecule has 1 aromatic carbocycles. The van der Waals surface area contributed by atoms with Gasteiger partial charge in [0.25, 0.3) is 0 Å². The molecule has 33 heavy (non-hydrogen) atoms. The fourth-order valence-electron chi connectivity index (χ4n) is 3.95. The third-order valence-corrected chi connectivity index (χ3v) is 6.16. The molecule has 0 saturated carbocycles. The van der Waals surface area contributed by atoms with Crippen molar-refractivity contribution in [3.05, 3.63) is 47.1 Å². The molecule has 1 aromatic heterocycles. The summed E-state index contributed by atoms with van der Waals surface area (Å²) in [6, 6.07) is 6.32. The number of rotatable bonds is 7. The van der Waals surface area contributed by atoms with Gasteiger partial charge in [0.05, 0.1) is 11.7 Å². The van der Waals surface area contributed by atoms with E-state index in [9.17, 15) is 5.11 Å². The highest BCUT2D eigenvalue weighted by atomic mass is 16.3. The van der Waals surface area contributed by atoms with Crippen LogP contribution in [0.4, 0.5) is 11.4 Å². The summed E-state index contributed by atoms with van der Waals surface area (Å²) in [5, 5.41) is 24.3. The van der Waals surface area contributed by atoms with E-state index < -0.39 is 6.23 Å². The Labute approximate surface area is 194 Å². The van der Waals surface area contributed by atoms with E-state index in [0.29, 0.717) is 23.1 Å². The lowest BCUT2D eigenvalue weighted by Crippen LogP contribution is -2.38. The molecular weight excluding hydrogens is 416 g/mol. The third-order valence-electron chi connectivity index (χ3n) is 6.16. The van der Waals surface area contributed by atoms with Crippen molar-refractivity contribution in [3.63, 3.8) is 0 Å². The van der Waals surface area contributed by atoms with E-state index in [1.807, 2.05) is 32.9 Å². The van der Waals surface area contributed by atoms with Crippen LogP contribution in [-0.4, -0.2) is 81.5 Å². The van der Waals surface area contributed by atoms with Crippen molar-refractivity contribution in [3.8, 4) is 0 Å². The van der Waals surface area contributed by atoms with Crippen LogP contribution in [0.1, 0.15) is 44.9 Å². The molecule has 9 nitrogen and oxygen atoms in total. The molecule has 0 bridgehead atoms. The monoisotopic (exact) mass is 448 g/mol. The van der Waals surface area contributed by atoms with Gasteiger partial charge in [0.15, 0.2) is 6.23 Å². The van der Waals surface area contributed by atoms with Crippen LogP contribution in [0.3, 0.4) is 0 Å². The van der Waals surface area contributed by atoms with Crippen LogP contribution < -0.4 is 4.90 Å². The lowest BCUT2D eigenvalue weighted by Gasteiger charge is -2.22. The lowest BCUT2D eigenvalue weighted by atomic mass is 10.1. The number of hydrogen-bond acceptors (Lipinski definition) is 8. The second-order valence-corrected chi connectivity index (χ2v) is 8.66. The van der Waals surface area contributed by atoms with E-state index in [4.69, 9.17) is 4.99 Å². The number of hydrogen-bond donors (Lipinski definition) is 1. The standard InChI is InChI=1S/C24H32N8O/c1-8-31(9-2)17-10-11-18(15(4)12-17)26-20-21(24(33)30(6)7)29-32-22(27-28-23(20)32)19-13-14(3)16(5)25-19/h10-13,16,24,33H,8-9H2,1-7H3/b26-20-. The van der Waals surface area contributed by atoms with Crippen molar-refractivity contribution < 1.29 is 5.11 Å². The average molecular weight is 449 g/mol. The van der Waals surface area contributed by atoms with Crippen molar-refractivity contribution in [1.82, 2.24) is 19.8 Å². The number of anilines is 1. The molecule has 4 rings (SSSR count). The van der Waals surface area contributed by atoms with Crippen molar-refractivity contribution in [2.45, 2.75) is 46.9 Å². The van der Waals surface area contributed by atoms with Crippen LogP contribution in [0, 0.1) is 6.92 Å². The van der Waals surface area contributed by atoms with Gasteiger partial charge >= 0.3 is 0 Å². The van der Waals surface area contributed by atoms with E-state index in [2.05, 4.69) is 51.2 Å². The first-order valence-electron chi connectivity index (χ1n) is 11.3. The molecule has 9 heteroatoms. The van der Waals surface area contributed by atoms with E-state index in [1.54, 1.807) is 23.7 Å². The van der Waals surface area contributed by atoms with Gasteiger partial charge < -0.3 is 10.0 Å². The minimum Gasteiger partial charge on any atom is -0.372 e. The minimum atomic E-state index is -0.935. The Balaban J connectivity index is 1.80. The molecule has 2 unspecified atom stereocenters. The molecule has 0 spiro atoms. The summed E-state index contributed by atoms with van der Waals surface area (Å²) in [6.45, 7) is 12.3. The number of aliphatic hydroxyl groups is 1. The molecule has 0 fully saturated rings. The van der Waals surface area contributed by atoms with Gasteiger partial charge in [0.2, 0.25) is 11.6 Å². The number of nitrogens with zero attached hydrogens (tertiary/aromatic N) is 8. The van der Waals surface area contributed by atoms with Gasteiger partial charge in [0.1, 0.15) is 17.1 Å². The summed E-state index contributed by atoms with van der Waals surface area (Å²) in [6.07, 6.45) is 1.07. The maximum atomic E-state index is 10.9. The zero-order chi connectivity index (χ0) is 23.9. The molecule has 1 N–H and O–H groups in total. The first kappa shape index (κ1) is 23.0. The van der Waals surface area contributed by atoms with Crippen LogP contribution in [-0.2, 0) is 0 Å². The number of aliphatic imine (C=N–C) groups is 2. The van der Waals surface area contributed by atoms with Crippen LogP contribution in [0.25, 0.3) is 0 Å². The summed E-state index contributed by atoms with van der Waals surface area (Å²) in [5.41, 5.74) is 5.86. The predicted octanol–water partition coefficient (Wildman–Crippen LogP) is 2.79. The highest BCUT2D eigenvalue weighted by molar-refractivity contribution is 6.50. The molecule has 174 valence electrons. The Morgan fingerprint density at radius 1 is 1.12 bits per heavy atom. The molecular formula is C24H32N8O. The van der Waals surface area contributed by atoms with Crippen LogP contribution in [0.5, 0.6) is 0 Å². The molecule has 2 atom stereocenters. The maximum absolute atomic E-state index is 10.9. The largest absolute Gasteiger partial charge is 0.372 e. The van der Waals surface area contributed by atoms with Crippen molar-refractivity contribution in [1.29, 1.82) is 0 Å². The fourth-order valence-corrected chi connectivity index (χ4v) is 3.95. The topological polar surface area (TPSA) is 94.5 Å². The molecule has 0 aliphatic carbocycles. The molecule has 2 aromatic rings. The Kier molecular flexibility index (Phi) is 6.27. The zero-order valence-corrected chi connectivity index (χ0v) is 20.4. The van der Waals surface area contributed by atoms with E-state index in [1.165, 1.54) is 0 Å². The molecule has 2 aliphatic rings. The van der Waals surface area contributed by atoms with Crippen LogP contribution in [0.15, 0.2) is 44.9 Å². The number of aromatic nitrogens is 3. The first-order chi connectivity index (χ1) is 15.7. The highest BCUT2D eigenvalue weighted by Crippen LogP contribution is 2.28. The average Bonchev–Trinajstić information content (AvgIpc) is 3.44. The zero-order valence-electron chi connectivity index (χ0n) is 20.4. The van der Waals surface area contributed by atoms with E-state index >= 15 is 0 Å². The second kappa shape index (κ2) is 8.99. The molecule has 2 aliphatic heterocycles. The number of allylic oxidation sites excluding steroid dienone is 1. The number of fused-ring (bicyclic) bond motifs is 1. The summed E-state index contributed by atoms with van der Waals surface area (Å²) in [7, 11) is 3.59. The van der Waals surface area contributed by atoms with E-state index in [0.717, 1.165) is 41.3 Å². The smallest absolute Gasteiger partial charge is 0.205 e. The third kappa shape index (κ3) is 4.14. The quantitative estimate of drug-likeness (QED) is 0.658. The number of aryl methyl sites for hydroxylation is 1. The maximum Gasteiger partial charge on any atom is 0.205 e. The fraction of sp³-hybridized carbons (Fsp3) is 0.458. The van der Waals surface area contributed by atoms with Crippen LogP contribution in [0.2, 0.25) is 0 Å². The number of aliphatic hydroxyl groups excluding tert-OH is 1. The van der Waals surface area contributed by atoms with Gasteiger partial charge in [-0.25, -0.2) is 4.99 Å². The van der Waals surface area contributed by atoms with Gasteiger partial charge in [0, 0.05) is 18.8 Å². The van der Waals surface area contributed by atoms with Gasteiger partial charge in [-0.15, -0.1) is 10.2 Å². The SMILES string of the molecule is CCN(CC)c1ccc(/N=C2/C(C(O)N(C)C)=Nn3c(C4=NC(C)C(C)=C4)nnc32)c(C)c1. The Hall–Kier alpha value is -3.17. The molecule has 0 saturated heterocycles. The highest BCUT2D eigenvalue weighted by Gasteiger charge is 2.35. The van der Waals surface area contributed by atoms with Crippen molar-refractivity contribution in [2.75, 3.05) is 32.1 Å². The normalized spacial score (nSPS) is 19.6. The summed E-state index contributed by atoms with van der Waals surface area (Å²) in [4.78, 5) is 13.6.